The van der Waals surface area contributed by atoms with Gasteiger partial charge in [-0.1, -0.05) is 11.6 Å². The van der Waals surface area contributed by atoms with Crippen LogP contribution in [0.3, 0.4) is 0 Å². The summed E-state index contributed by atoms with van der Waals surface area (Å²) >= 11 is 7.34. The van der Waals surface area contributed by atoms with Crippen LogP contribution >= 0.6 is 22.9 Å². The van der Waals surface area contributed by atoms with Crippen LogP contribution in [-0.4, -0.2) is 26.0 Å². The summed E-state index contributed by atoms with van der Waals surface area (Å²) < 4.78 is 2.17. The van der Waals surface area contributed by atoms with Crippen LogP contribution in [0.2, 0.25) is 4.34 Å². The van der Waals surface area contributed by atoms with Gasteiger partial charge in [-0.15, -0.1) is 11.3 Å². The highest BCUT2D eigenvalue weighted by atomic mass is 35.5. The summed E-state index contributed by atoms with van der Waals surface area (Å²) in [6.07, 6.45) is 2.40. The Kier molecular flexibility index (Phi) is 3.57. The van der Waals surface area contributed by atoms with Crippen LogP contribution in [-0.2, 0) is 0 Å². The molecule has 0 saturated carbocycles. The van der Waals surface area contributed by atoms with Gasteiger partial charge in [0.2, 0.25) is 0 Å². The fourth-order valence-electron chi connectivity index (χ4n) is 2.04. The number of carbonyl (C=O) groups is 1. The molecule has 5 nitrogen and oxygen atoms in total. The summed E-state index contributed by atoms with van der Waals surface area (Å²) in [6, 6.07) is 3.67. The predicted molar refractivity (Wildman–Crippen MR) is 82.3 cm³/mol. The van der Waals surface area contributed by atoms with Crippen LogP contribution in [0.25, 0.3) is 17.2 Å². The number of thiophene rings is 1. The van der Waals surface area contributed by atoms with E-state index in [4.69, 9.17) is 11.6 Å². The highest BCUT2D eigenvalue weighted by molar-refractivity contribution is 7.14. The number of hydrogen-bond donors (Lipinski definition) is 0. The lowest BCUT2D eigenvalue weighted by atomic mass is 10.2. The number of aryl methyl sites for hydroxylation is 2. The minimum absolute atomic E-state index is 0.447. The second-order valence-electron chi connectivity index (χ2n) is 4.59. The molecule has 7 heteroatoms. The predicted octanol–water partition coefficient (Wildman–Crippen LogP) is 3.47. The second-order valence-corrected chi connectivity index (χ2v) is 6.13. The summed E-state index contributed by atoms with van der Waals surface area (Å²) in [7, 11) is 0. The number of aldehydes is 1. The molecule has 0 saturated heterocycles. The van der Waals surface area contributed by atoms with Gasteiger partial charge in [-0.2, -0.15) is 5.10 Å². The van der Waals surface area contributed by atoms with Gasteiger partial charge in [0.1, 0.15) is 5.69 Å². The van der Waals surface area contributed by atoms with Gasteiger partial charge >= 0.3 is 0 Å². The van der Waals surface area contributed by atoms with Crippen LogP contribution in [0.5, 0.6) is 0 Å². The minimum atomic E-state index is 0.447. The molecule has 0 aromatic carbocycles. The van der Waals surface area contributed by atoms with E-state index in [0.717, 1.165) is 23.2 Å². The highest BCUT2D eigenvalue weighted by Crippen LogP contribution is 2.29. The van der Waals surface area contributed by atoms with Gasteiger partial charge in [0, 0.05) is 28.5 Å². The van der Waals surface area contributed by atoms with Crippen molar-refractivity contribution in [3.8, 4) is 17.2 Å². The molecule has 0 spiro atoms. The third-order valence-electron chi connectivity index (χ3n) is 2.89. The van der Waals surface area contributed by atoms with Gasteiger partial charge in [0.15, 0.2) is 6.29 Å². The first-order valence-electron chi connectivity index (χ1n) is 6.19. The monoisotopic (exact) mass is 318 g/mol. The van der Waals surface area contributed by atoms with Gasteiger partial charge < -0.3 is 0 Å². The average molecular weight is 319 g/mol. The lowest BCUT2D eigenvalue weighted by molar-refractivity contribution is 0.112. The molecule has 0 aliphatic rings. The third kappa shape index (κ3) is 2.72. The summed E-state index contributed by atoms with van der Waals surface area (Å²) in [5.41, 5.74) is 3.57. The lowest BCUT2D eigenvalue weighted by Gasteiger charge is -2.02. The first-order valence-corrected chi connectivity index (χ1v) is 7.44. The SMILES string of the molecule is Cc1cc(C)nc(-n2cc(C=O)c(-c3csc(Cl)c3)n2)n1. The van der Waals surface area contributed by atoms with Gasteiger partial charge in [-0.3, -0.25) is 4.79 Å². The molecule has 0 amide bonds. The quantitative estimate of drug-likeness (QED) is 0.694. The second kappa shape index (κ2) is 5.38. The van der Waals surface area contributed by atoms with E-state index in [0.29, 0.717) is 21.5 Å². The van der Waals surface area contributed by atoms with Gasteiger partial charge in [0.05, 0.1) is 9.90 Å². The topological polar surface area (TPSA) is 60.7 Å². The van der Waals surface area contributed by atoms with Crippen molar-refractivity contribution in [1.29, 1.82) is 0 Å². The summed E-state index contributed by atoms with van der Waals surface area (Å²) in [5, 5.41) is 6.29. The molecule has 0 radical (unpaired) electrons. The molecule has 0 atom stereocenters. The zero-order chi connectivity index (χ0) is 15.0. The first kappa shape index (κ1) is 13.9. The Morgan fingerprint density at radius 2 is 1.95 bits per heavy atom. The van der Waals surface area contributed by atoms with Crippen molar-refractivity contribution >= 4 is 29.2 Å². The maximum absolute atomic E-state index is 11.3. The van der Waals surface area contributed by atoms with Crippen molar-refractivity contribution < 1.29 is 4.79 Å². The molecule has 3 aromatic heterocycles. The molecule has 0 bridgehead atoms. The van der Waals surface area contributed by atoms with Crippen molar-refractivity contribution in [3.05, 3.63) is 45.0 Å². The van der Waals surface area contributed by atoms with E-state index in [1.807, 2.05) is 25.3 Å². The van der Waals surface area contributed by atoms with Crippen molar-refractivity contribution in [2.45, 2.75) is 13.8 Å². The largest absolute Gasteiger partial charge is 0.298 e. The number of rotatable bonds is 3. The third-order valence-corrected chi connectivity index (χ3v) is 3.98. The van der Waals surface area contributed by atoms with E-state index in [-0.39, 0.29) is 0 Å². The Morgan fingerprint density at radius 3 is 2.52 bits per heavy atom. The molecule has 3 rings (SSSR count). The molecular formula is C14H11ClN4OS. The fourth-order valence-corrected chi connectivity index (χ4v) is 2.91. The van der Waals surface area contributed by atoms with Crippen LogP contribution in [0, 0.1) is 13.8 Å². The van der Waals surface area contributed by atoms with Crippen LogP contribution in [0.1, 0.15) is 21.7 Å². The minimum Gasteiger partial charge on any atom is -0.298 e. The highest BCUT2D eigenvalue weighted by Gasteiger charge is 2.14. The molecule has 0 aliphatic heterocycles. The Bertz CT molecular complexity index is 804. The van der Waals surface area contributed by atoms with Gasteiger partial charge in [-0.25, -0.2) is 14.6 Å². The van der Waals surface area contributed by atoms with Crippen molar-refractivity contribution in [2.75, 3.05) is 0 Å². The van der Waals surface area contributed by atoms with E-state index < -0.39 is 0 Å². The molecular weight excluding hydrogens is 308 g/mol. The smallest absolute Gasteiger partial charge is 0.250 e. The number of hydrogen-bond acceptors (Lipinski definition) is 5. The zero-order valence-electron chi connectivity index (χ0n) is 11.4. The van der Waals surface area contributed by atoms with E-state index >= 15 is 0 Å². The van der Waals surface area contributed by atoms with Crippen molar-refractivity contribution in [2.24, 2.45) is 0 Å². The van der Waals surface area contributed by atoms with Crippen molar-refractivity contribution in [1.82, 2.24) is 19.7 Å². The normalized spacial score (nSPS) is 10.8. The average Bonchev–Trinajstić information content (AvgIpc) is 3.03. The maximum Gasteiger partial charge on any atom is 0.250 e. The number of carbonyl (C=O) groups excluding carboxylic acids is 1. The Hall–Kier alpha value is -2.05. The summed E-state index contributed by atoms with van der Waals surface area (Å²) in [6.45, 7) is 3.78. The van der Waals surface area contributed by atoms with Crippen LogP contribution < -0.4 is 0 Å². The number of aromatic nitrogens is 4. The lowest BCUT2D eigenvalue weighted by Crippen LogP contribution is -2.04. The molecule has 3 heterocycles. The number of nitrogens with zero attached hydrogens (tertiary/aromatic N) is 4. The van der Waals surface area contributed by atoms with Gasteiger partial charge in [-0.05, 0) is 26.0 Å². The first-order chi connectivity index (χ1) is 10.1. The molecule has 0 fully saturated rings. The summed E-state index contributed by atoms with van der Waals surface area (Å²) in [5.74, 6) is 0.447. The Labute approximate surface area is 130 Å². The van der Waals surface area contributed by atoms with Crippen LogP contribution in [0.15, 0.2) is 23.7 Å². The maximum atomic E-state index is 11.3. The molecule has 106 valence electrons. The molecule has 21 heavy (non-hydrogen) atoms. The molecule has 3 aromatic rings. The molecule has 0 aliphatic carbocycles. The van der Waals surface area contributed by atoms with E-state index in [9.17, 15) is 4.79 Å². The molecule has 0 N–H and O–H groups in total. The Morgan fingerprint density at radius 1 is 1.24 bits per heavy atom. The van der Waals surface area contributed by atoms with E-state index in [1.54, 1.807) is 12.3 Å². The summed E-state index contributed by atoms with van der Waals surface area (Å²) in [4.78, 5) is 19.9. The van der Waals surface area contributed by atoms with Crippen LogP contribution in [0.4, 0.5) is 0 Å². The van der Waals surface area contributed by atoms with E-state index in [2.05, 4.69) is 15.1 Å². The van der Waals surface area contributed by atoms with Crippen molar-refractivity contribution in [3.63, 3.8) is 0 Å². The fraction of sp³-hybridized carbons (Fsp3) is 0.143. The van der Waals surface area contributed by atoms with Gasteiger partial charge in [0.25, 0.3) is 5.95 Å². The standard InChI is InChI=1S/C14H11ClN4OS/c1-8-3-9(2)17-14(16-8)19-5-11(6-20)13(18-19)10-4-12(15)21-7-10/h3-7H,1-2H3. The Balaban J connectivity index is 2.13. The zero-order valence-corrected chi connectivity index (χ0v) is 12.9. The molecule has 0 unspecified atom stereocenters. The van der Waals surface area contributed by atoms with E-state index in [1.165, 1.54) is 16.0 Å². The number of halogens is 1.